The van der Waals surface area contributed by atoms with E-state index in [-0.39, 0.29) is 43.2 Å². The van der Waals surface area contributed by atoms with Gasteiger partial charge < -0.3 is 15.0 Å². The predicted octanol–water partition coefficient (Wildman–Crippen LogP) is 3.20. The molecule has 2 aromatic carbocycles. The number of nitrogens with zero attached hydrogens (tertiary/aromatic N) is 1. The summed E-state index contributed by atoms with van der Waals surface area (Å²) in [5, 5.41) is 2.59. The molecule has 4 rings (SSSR count). The van der Waals surface area contributed by atoms with Crippen LogP contribution in [-0.2, 0) is 16.0 Å². The van der Waals surface area contributed by atoms with Gasteiger partial charge in [-0.1, -0.05) is 6.07 Å². The third-order valence-electron chi connectivity index (χ3n) is 4.98. The molecule has 2 aliphatic rings. The summed E-state index contributed by atoms with van der Waals surface area (Å²) in [6.07, 6.45) is -0.0671. The molecule has 0 aromatic heterocycles. The van der Waals surface area contributed by atoms with Gasteiger partial charge in [0.05, 0.1) is 18.7 Å². The van der Waals surface area contributed by atoms with Gasteiger partial charge >= 0.3 is 0 Å². The Hall–Kier alpha value is -2.87. The molecular formula is C20H17F3N2O3. The minimum atomic E-state index is -0.765. The molecule has 2 amide bonds. The molecule has 8 heteroatoms. The van der Waals surface area contributed by atoms with E-state index in [4.69, 9.17) is 4.74 Å². The van der Waals surface area contributed by atoms with E-state index in [1.165, 1.54) is 17.0 Å². The van der Waals surface area contributed by atoms with Gasteiger partial charge in [0.25, 0.3) is 5.91 Å². The number of benzene rings is 2. The molecule has 0 aliphatic carbocycles. The van der Waals surface area contributed by atoms with Crippen molar-refractivity contribution in [3.05, 3.63) is 64.5 Å². The van der Waals surface area contributed by atoms with Crippen molar-refractivity contribution in [1.29, 1.82) is 0 Å². The standard InChI is InChI=1S/C20H17F3N2O3/c21-12-2-3-13(15(22)8-12)18-10-25(5-6-28-18)20(27)14-7-11-1-4-19(26)24-17(11)9-16(14)23/h2-3,7-9,18H,1,4-6,10H2,(H,24,26). The van der Waals surface area contributed by atoms with E-state index in [9.17, 15) is 22.8 Å². The number of anilines is 1. The maximum Gasteiger partial charge on any atom is 0.257 e. The fourth-order valence-corrected chi connectivity index (χ4v) is 3.52. The van der Waals surface area contributed by atoms with Gasteiger partial charge in [0.15, 0.2) is 0 Å². The fraction of sp³-hybridized carbons (Fsp3) is 0.300. The van der Waals surface area contributed by atoms with E-state index in [0.717, 1.165) is 18.2 Å². The van der Waals surface area contributed by atoms with Crippen LogP contribution in [0.3, 0.4) is 0 Å². The Labute approximate surface area is 159 Å². The second kappa shape index (κ2) is 7.27. The summed E-state index contributed by atoms with van der Waals surface area (Å²) in [5.41, 5.74) is 1.11. The fourth-order valence-electron chi connectivity index (χ4n) is 3.52. The maximum atomic E-state index is 14.5. The molecule has 2 aromatic rings. The number of carbonyl (C=O) groups is 2. The van der Waals surface area contributed by atoms with Crippen LogP contribution in [0.2, 0.25) is 0 Å². The summed E-state index contributed by atoms with van der Waals surface area (Å²) in [4.78, 5) is 25.7. The predicted molar refractivity (Wildman–Crippen MR) is 94.3 cm³/mol. The topological polar surface area (TPSA) is 58.6 Å². The molecule has 1 atom stereocenters. The molecule has 1 unspecified atom stereocenters. The number of halogens is 3. The van der Waals surface area contributed by atoms with Gasteiger partial charge in [0, 0.05) is 30.3 Å². The first-order valence-corrected chi connectivity index (χ1v) is 8.90. The van der Waals surface area contributed by atoms with Crippen molar-refractivity contribution in [3.63, 3.8) is 0 Å². The zero-order valence-corrected chi connectivity index (χ0v) is 14.8. The van der Waals surface area contributed by atoms with Crippen LogP contribution in [0.25, 0.3) is 0 Å². The van der Waals surface area contributed by atoms with E-state index < -0.39 is 29.5 Å². The van der Waals surface area contributed by atoms with Crippen molar-refractivity contribution in [1.82, 2.24) is 4.90 Å². The molecule has 146 valence electrons. The third kappa shape index (κ3) is 3.47. The summed E-state index contributed by atoms with van der Waals surface area (Å²) in [6, 6.07) is 5.77. The second-order valence-corrected chi connectivity index (χ2v) is 6.81. The van der Waals surface area contributed by atoms with Crippen molar-refractivity contribution in [2.45, 2.75) is 18.9 Å². The summed E-state index contributed by atoms with van der Waals surface area (Å²) in [5.74, 6) is -2.92. The Morgan fingerprint density at radius 3 is 2.71 bits per heavy atom. The van der Waals surface area contributed by atoms with Crippen LogP contribution >= 0.6 is 0 Å². The Kier molecular flexibility index (Phi) is 4.80. The van der Waals surface area contributed by atoms with Crippen molar-refractivity contribution in [2.75, 3.05) is 25.0 Å². The van der Waals surface area contributed by atoms with Crippen LogP contribution in [0, 0.1) is 17.5 Å². The van der Waals surface area contributed by atoms with E-state index >= 15 is 0 Å². The van der Waals surface area contributed by atoms with Gasteiger partial charge in [0.1, 0.15) is 23.6 Å². The normalized spacial score (nSPS) is 19.2. The quantitative estimate of drug-likeness (QED) is 0.857. The van der Waals surface area contributed by atoms with Crippen LogP contribution in [0.4, 0.5) is 18.9 Å². The van der Waals surface area contributed by atoms with Crippen molar-refractivity contribution in [2.24, 2.45) is 0 Å². The Bertz CT molecular complexity index is 964. The zero-order chi connectivity index (χ0) is 19.8. The molecule has 1 fully saturated rings. The number of amides is 2. The lowest BCUT2D eigenvalue weighted by molar-refractivity contribution is -0.116. The van der Waals surface area contributed by atoms with Crippen molar-refractivity contribution >= 4 is 17.5 Å². The number of nitrogens with one attached hydrogen (secondary N) is 1. The van der Waals surface area contributed by atoms with Crippen LogP contribution in [-0.4, -0.2) is 36.4 Å². The minimum Gasteiger partial charge on any atom is -0.370 e. The number of carbonyl (C=O) groups excluding carboxylic acids is 2. The van der Waals surface area contributed by atoms with Gasteiger partial charge in [-0.15, -0.1) is 0 Å². The van der Waals surface area contributed by atoms with Crippen LogP contribution < -0.4 is 5.32 Å². The molecule has 1 saturated heterocycles. The Morgan fingerprint density at radius 2 is 1.93 bits per heavy atom. The lowest BCUT2D eigenvalue weighted by Crippen LogP contribution is -2.42. The molecule has 0 spiro atoms. The van der Waals surface area contributed by atoms with E-state index in [1.807, 2.05) is 0 Å². The first-order chi connectivity index (χ1) is 13.4. The maximum absolute atomic E-state index is 14.5. The molecule has 0 saturated carbocycles. The SMILES string of the molecule is O=C1CCc2cc(C(=O)N3CCOC(c4ccc(F)cc4F)C3)c(F)cc2N1. The lowest BCUT2D eigenvalue weighted by atomic mass is 9.99. The van der Waals surface area contributed by atoms with Gasteiger partial charge in [-0.05, 0) is 30.2 Å². The highest BCUT2D eigenvalue weighted by molar-refractivity contribution is 5.98. The van der Waals surface area contributed by atoms with Gasteiger partial charge in [0.2, 0.25) is 5.91 Å². The minimum absolute atomic E-state index is 0.0225. The first kappa shape index (κ1) is 18.5. The monoisotopic (exact) mass is 390 g/mol. The number of morpholine rings is 1. The average Bonchev–Trinajstić information content (AvgIpc) is 2.67. The molecule has 1 N–H and O–H groups in total. The van der Waals surface area contributed by atoms with E-state index in [0.29, 0.717) is 17.7 Å². The largest absolute Gasteiger partial charge is 0.370 e. The van der Waals surface area contributed by atoms with Crippen LogP contribution in [0.5, 0.6) is 0 Å². The van der Waals surface area contributed by atoms with Crippen molar-refractivity contribution in [3.8, 4) is 0 Å². The summed E-state index contributed by atoms with van der Waals surface area (Å²) < 4.78 is 47.2. The highest BCUT2D eigenvalue weighted by Crippen LogP contribution is 2.29. The number of hydrogen-bond donors (Lipinski definition) is 1. The van der Waals surface area contributed by atoms with Crippen LogP contribution in [0.1, 0.15) is 34.0 Å². The highest BCUT2D eigenvalue weighted by atomic mass is 19.1. The Balaban J connectivity index is 1.57. The number of ether oxygens (including phenoxy) is 1. The van der Waals surface area contributed by atoms with Crippen molar-refractivity contribution < 1.29 is 27.5 Å². The summed E-state index contributed by atoms with van der Waals surface area (Å²) in [6.45, 7) is 0.399. The number of hydrogen-bond acceptors (Lipinski definition) is 3. The van der Waals surface area contributed by atoms with E-state index in [1.54, 1.807) is 0 Å². The van der Waals surface area contributed by atoms with Gasteiger partial charge in [-0.25, -0.2) is 13.2 Å². The molecule has 0 radical (unpaired) electrons. The van der Waals surface area contributed by atoms with E-state index in [2.05, 4.69) is 5.32 Å². The zero-order valence-electron chi connectivity index (χ0n) is 14.8. The molecule has 0 bridgehead atoms. The second-order valence-electron chi connectivity index (χ2n) is 6.81. The summed E-state index contributed by atoms with van der Waals surface area (Å²) >= 11 is 0. The lowest BCUT2D eigenvalue weighted by Gasteiger charge is -2.33. The number of aryl methyl sites for hydroxylation is 1. The highest BCUT2D eigenvalue weighted by Gasteiger charge is 2.30. The first-order valence-electron chi connectivity index (χ1n) is 8.90. The Morgan fingerprint density at radius 1 is 1.11 bits per heavy atom. The molecule has 2 aliphatic heterocycles. The number of fused-ring (bicyclic) bond motifs is 1. The molecule has 2 heterocycles. The molecule has 5 nitrogen and oxygen atoms in total. The third-order valence-corrected chi connectivity index (χ3v) is 4.98. The molecular weight excluding hydrogens is 373 g/mol. The van der Waals surface area contributed by atoms with Gasteiger partial charge in [-0.3, -0.25) is 9.59 Å². The number of rotatable bonds is 2. The van der Waals surface area contributed by atoms with Gasteiger partial charge in [-0.2, -0.15) is 0 Å². The average molecular weight is 390 g/mol. The summed E-state index contributed by atoms with van der Waals surface area (Å²) in [7, 11) is 0. The smallest absolute Gasteiger partial charge is 0.257 e. The van der Waals surface area contributed by atoms with Crippen LogP contribution in [0.15, 0.2) is 30.3 Å². The molecule has 28 heavy (non-hydrogen) atoms.